The number of nitrogens with zero attached hydrogens (tertiary/aromatic N) is 4. The van der Waals surface area contributed by atoms with E-state index in [-0.39, 0.29) is 22.9 Å². The summed E-state index contributed by atoms with van der Waals surface area (Å²) in [4.78, 5) is 19.8. The number of hydrogen-bond donors (Lipinski definition) is 1. The second-order valence-corrected chi connectivity index (χ2v) is 7.25. The maximum absolute atomic E-state index is 13.1. The van der Waals surface area contributed by atoms with E-state index in [0.29, 0.717) is 17.9 Å². The Balaban J connectivity index is 1.52. The Morgan fingerprint density at radius 1 is 1.07 bits per heavy atom. The average molecular weight is 391 g/mol. The molecule has 6 nitrogen and oxygen atoms in total. The van der Waals surface area contributed by atoms with Crippen LogP contribution in [0.15, 0.2) is 59.4 Å². The number of nitrogens with one attached hydrogen (secondary N) is 1. The van der Waals surface area contributed by atoms with Crippen LogP contribution in [0, 0.1) is 5.82 Å². The van der Waals surface area contributed by atoms with E-state index in [1.807, 2.05) is 18.2 Å². The predicted molar refractivity (Wildman–Crippen MR) is 109 cm³/mol. The second-order valence-electron chi connectivity index (χ2n) is 7.25. The highest BCUT2D eigenvalue weighted by molar-refractivity contribution is 5.68. The summed E-state index contributed by atoms with van der Waals surface area (Å²) in [5.74, 6) is 0.214. The van der Waals surface area contributed by atoms with Crippen molar-refractivity contribution in [1.82, 2.24) is 25.0 Å². The summed E-state index contributed by atoms with van der Waals surface area (Å²) < 4.78 is 14.8. The highest BCUT2D eigenvalue weighted by Crippen LogP contribution is 2.18. The van der Waals surface area contributed by atoms with Crippen LogP contribution in [0.2, 0.25) is 0 Å². The highest BCUT2D eigenvalue weighted by atomic mass is 19.1. The Morgan fingerprint density at radius 3 is 2.59 bits per heavy atom. The zero-order valence-electron chi connectivity index (χ0n) is 16.2. The molecule has 29 heavy (non-hydrogen) atoms. The van der Waals surface area contributed by atoms with Crippen LogP contribution in [0.4, 0.5) is 4.39 Å². The quantitative estimate of drug-likeness (QED) is 0.519. The number of rotatable bonds is 7. The first-order chi connectivity index (χ1) is 14.1. The standard InChI is InChI=1S/C22H22FN5O/c1-15(6-5-9-16-7-3-2-4-8-16)28-21-20(26-27-28)22(29)25-19(24-21)14-17-10-12-18(23)13-11-17/h2-4,7-8,10-13,15H,5-6,9,14H2,1H3,(H,24,25,29). The van der Waals surface area contributed by atoms with Gasteiger partial charge in [0, 0.05) is 6.42 Å². The number of halogens is 1. The molecular formula is C22H22FN5O. The molecule has 2 aromatic carbocycles. The van der Waals surface area contributed by atoms with E-state index >= 15 is 0 Å². The second kappa shape index (κ2) is 8.34. The van der Waals surface area contributed by atoms with Gasteiger partial charge in [-0.05, 0) is 49.4 Å². The maximum atomic E-state index is 13.1. The summed E-state index contributed by atoms with van der Waals surface area (Å²) in [5, 5.41) is 8.20. The van der Waals surface area contributed by atoms with Gasteiger partial charge in [-0.15, -0.1) is 5.10 Å². The molecule has 0 fully saturated rings. The summed E-state index contributed by atoms with van der Waals surface area (Å²) >= 11 is 0. The van der Waals surface area contributed by atoms with Gasteiger partial charge in [0.15, 0.2) is 11.2 Å². The minimum Gasteiger partial charge on any atom is -0.308 e. The van der Waals surface area contributed by atoms with Gasteiger partial charge >= 0.3 is 0 Å². The fraction of sp³-hybridized carbons (Fsp3) is 0.273. The fourth-order valence-corrected chi connectivity index (χ4v) is 3.43. The number of benzene rings is 2. The van der Waals surface area contributed by atoms with Crippen molar-refractivity contribution in [2.75, 3.05) is 0 Å². The molecule has 0 bridgehead atoms. The van der Waals surface area contributed by atoms with E-state index in [1.165, 1.54) is 17.7 Å². The molecule has 0 aliphatic carbocycles. The highest BCUT2D eigenvalue weighted by Gasteiger charge is 2.16. The zero-order valence-corrected chi connectivity index (χ0v) is 16.2. The molecule has 2 aromatic heterocycles. The van der Waals surface area contributed by atoms with Crippen molar-refractivity contribution in [3.63, 3.8) is 0 Å². The number of H-pyrrole nitrogens is 1. The largest absolute Gasteiger partial charge is 0.308 e. The van der Waals surface area contributed by atoms with Crippen LogP contribution >= 0.6 is 0 Å². The molecule has 2 heterocycles. The normalized spacial score (nSPS) is 12.3. The maximum Gasteiger partial charge on any atom is 0.281 e. The topological polar surface area (TPSA) is 76.5 Å². The van der Waals surface area contributed by atoms with Crippen molar-refractivity contribution in [1.29, 1.82) is 0 Å². The van der Waals surface area contributed by atoms with Crippen LogP contribution in [0.3, 0.4) is 0 Å². The third kappa shape index (κ3) is 4.39. The molecule has 0 aliphatic rings. The number of aryl methyl sites for hydroxylation is 1. The van der Waals surface area contributed by atoms with E-state index in [4.69, 9.17) is 0 Å². The lowest BCUT2D eigenvalue weighted by molar-refractivity contribution is 0.444. The van der Waals surface area contributed by atoms with Crippen LogP contribution in [0.25, 0.3) is 11.2 Å². The summed E-state index contributed by atoms with van der Waals surface area (Å²) in [7, 11) is 0. The van der Waals surface area contributed by atoms with Gasteiger partial charge in [-0.25, -0.2) is 14.1 Å². The van der Waals surface area contributed by atoms with Crippen molar-refractivity contribution in [3.05, 3.63) is 87.7 Å². The Bertz CT molecular complexity index is 1150. The molecule has 0 spiro atoms. The third-order valence-electron chi connectivity index (χ3n) is 5.02. The van der Waals surface area contributed by atoms with Crippen molar-refractivity contribution in [3.8, 4) is 0 Å². The lowest BCUT2D eigenvalue weighted by Crippen LogP contribution is -2.15. The van der Waals surface area contributed by atoms with Gasteiger partial charge in [-0.2, -0.15) is 0 Å². The summed E-state index contributed by atoms with van der Waals surface area (Å²) in [6, 6.07) is 16.6. The first-order valence-electron chi connectivity index (χ1n) is 9.72. The van der Waals surface area contributed by atoms with E-state index in [1.54, 1.807) is 16.8 Å². The van der Waals surface area contributed by atoms with E-state index < -0.39 is 0 Å². The average Bonchev–Trinajstić information content (AvgIpc) is 3.15. The Labute approximate surface area is 167 Å². The summed E-state index contributed by atoms with van der Waals surface area (Å²) in [6.45, 7) is 2.06. The molecule has 4 rings (SSSR count). The zero-order chi connectivity index (χ0) is 20.2. The predicted octanol–water partition coefficient (Wildman–Crippen LogP) is 3.83. The van der Waals surface area contributed by atoms with Crippen LogP contribution < -0.4 is 5.56 Å². The van der Waals surface area contributed by atoms with Crippen LogP contribution in [-0.2, 0) is 12.8 Å². The Hall–Kier alpha value is -3.35. The summed E-state index contributed by atoms with van der Waals surface area (Å²) in [6.07, 6.45) is 3.29. The first kappa shape index (κ1) is 19.0. The smallest absolute Gasteiger partial charge is 0.281 e. The van der Waals surface area contributed by atoms with Gasteiger partial charge in [-0.3, -0.25) is 4.79 Å². The van der Waals surface area contributed by atoms with E-state index in [2.05, 4.69) is 39.3 Å². The lowest BCUT2D eigenvalue weighted by Gasteiger charge is -2.12. The number of fused-ring (bicyclic) bond motifs is 1. The van der Waals surface area contributed by atoms with Gasteiger partial charge in [0.1, 0.15) is 11.6 Å². The molecule has 1 N–H and O–H groups in total. The molecular weight excluding hydrogens is 369 g/mol. The number of aromatic nitrogens is 5. The minimum atomic E-state index is -0.310. The van der Waals surface area contributed by atoms with E-state index in [9.17, 15) is 9.18 Å². The van der Waals surface area contributed by atoms with Crippen LogP contribution in [-0.4, -0.2) is 25.0 Å². The van der Waals surface area contributed by atoms with Crippen molar-refractivity contribution >= 4 is 11.2 Å². The van der Waals surface area contributed by atoms with Crippen molar-refractivity contribution in [2.24, 2.45) is 0 Å². The molecule has 1 unspecified atom stereocenters. The minimum absolute atomic E-state index is 0.0664. The lowest BCUT2D eigenvalue weighted by atomic mass is 10.1. The first-order valence-corrected chi connectivity index (χ1v) is 9.72. The molecule has 4 aromatic rings. The monoisotopic (exact) mass is 391 g/mol. The van der Waals surface area contributed by atoms with Crippen molar-refractivity contribution in [2.45, 2.75) is 38.6 Å². The van der Waals surface area contributed by atoms with Crippen molar-refractivity contribution < 1.29 is 4.39 Å². The molecule has 0 aliphatic heterocycles. The molecule has 1 atom stereocenters. The van der Waals surface area contributed by atoms with Crippen LogP contribution in [0.1, 0.15) is 42.8 Å². The molecule has 7 heteroatoms. The van der Waals surface area contributed by atoms with E-state index in [0.717, 1.165) is 24.8 Å². The van der Waals surface area contributed by atoms with Gasteiger partial charge in [-0.1, -0.05) is 47.7 Å². The third-order valence-corrected chi connectivity index (χ3v) is 5.02. The van der Waals surface area contributed by atoms with Gasteiger partial charge < -0.3 is 4.98 Å². The molecule has 0 radical (unpaired) electrons. The van der Waals surface area contributed by atoms with Crippen LogP contribution in [0.5, 0.6) is 0 Å². The molecule has 0 saturated carbocycles. The summed E-state index contributed by atoms with van der Waals surface area (Å²) in [5.41, 5.74) is 2.58. The fourth-order valence-electron chi connectivity index (χ4n) is 3.43. The van der Waals surface area contributed by atoms with Gasteiger partial charge in [0.05, 0.1) is 6.04 Å². The molecule has 148 valence electrons. The SMILES string of the molecule is CC(CCCc1ccccc1)n1nnc2c(=O)[nH]c(Cc3ccc(F)cc3)nc21. The number of hydrogen-bond acceptors (Lipinski definition) is 4. The molecule has 0 saturated heterocycles. The van der Waals surface area contributed by atoms with Gasteiger partial charge in [0.2, 0.25) is 0 Å². The number of aromatic amines is 1. The Morgan fingerprint density at radius 2 is 1.83 bits per heavy atom. The molecule has 0 amide bonds. The Kier molecular flexibility index (Phi) is 5.46. The van der Waals surface area contributed by atoms with Gasteiger partial charge in [0.25, 0.3) is 5.56 Å².